The molecule has 9 aromatic rings. The van der Waals surface area contributed by atoms with Crippen LogP contribution in [0.4, 0.5) is 0 Å². The van der Waals surface area contributed by atoms with Gasteiger partial charge >= 0.3 is 0 Å². The van der Waals surface area contributed by atoms with Gasteiger partial charge in [0.2, 0.25) is 5.95 Å². The SMILES string of the molecule is CC1(C)c2ccccc2-c2cc3c4c(=O)n(-c5ccccc5)c5ccccc5c4n(-c4nc(-c5ccccc5)c5ccccc5n4)c3cc21. The maximum absolute atomic E-state index is 15.1. The fraction of sp³-hybridized carbons (Fsp3) is 0.0682. The summed E-state index contributed by atoms with van der Waals surface area (Å²) in [7, 11) is 0. The summed E-state index contributed by atoms with van der Waals surface area (Å²) in [4.78, 5) is 25.7. The van der Waals surface area contributed by atoms with E-state index in [1.807, 2.05) is 89.5 Å². The Bertz CT molecular complexity index is 2870. The molecule has 0 fully saturated rings. The number of benzene rings is 6. The van der Waals surface area contributed by atoms with E-state index in [1.54, 1.807) is 0 Å². The van der Waals surface area contributed by atoms with Gasteiger partial charge in [0.05, 0.1) is 33.1 Å². The van der Waals surface area contributed by atoms with Crippen molar-refractivity contribution < 1.29 is 0 Å². The lowest BCUT2D eigenvalue weighted by molar-refractivity contribution is 0.661. The van der Waals surface area contributed by atoms with E-state index in [0.29, 0.717) is 11.3 Å². The molecule has 6 aromatic carbocycles. The minimum absolute atomic E-state index is 0.0711. The van der Waals surface area contributed by atoms with Gasteiger partial charge in [0, 0.05) is 32.8 Å². The summed E-state index contributed by atoms with van der Waals surface area (Å²) in [6, 6.07) is 49.7. The third kappa shape index (κ3) is 3.84. The lowest BCUT2D eigenvalue weighted by atomic mass is 9.82. The summed E-state index contributed by atoms with van der Waals surface area (Å²) in [5.41, 5.74) is 10.7. The van der Waals surface area contributed by atoms with Crippen molar-refractivity contribution in [2.45, 2.75) is 19.3 Å². The molecule has 3 aromatic heterocycles. The average molecular weight is 631 g/mol. The molecule has 5 heteroatoms. The van der Waals surface area contributed by atoms with Crippen LogP contribution in [0, 0.1) is 0 Å². The lowest BCUT2D eigenvalue weighted by Gasteiger charge is -2.21. The second-order valence-corrected chi connectivity index (χ2v) is 13.4. The topological polar surface area (TPSA) is 52.7 Å². The number of rotatable bonds is 3. The fourth-order valence-corrected chi connectivity index (χ4v) is 8.06. The highest BCUT2D eigenvalue weighted by Gasteiger charge is 2.37. The Hall–Kier alpha value is -6.33. The number of fused-ring (bicyclic) bond motifs is 9. The first-order valence-electron chi connectivity index (χ1n) is 16.6. The largest absolute Gasteiger partial charge is 0.277 e. The van der Waals surface area contributed by atoms with Gasteiger partial charge < -0.3 is 0 Å². The number of aromatic nitrogens is 4. The Morgan fingerprint density at radius 1 is 0.551 bits per heavy atom. The van der Waals surface area contributed by atoms with Crippen LogP contribution in [0.1, 0.15) is 25.0 Å². The molecule has 1 aliphatic carbocycles. The zero-order valence-corrected chi connectivity index (χ0v) is 27.1. The number of pyridine rings is 1. The van der Waals surface area contributed by atoms with Crippen LogP contribution < -0.4 is 5.56 Å². The first-order valence-corrected chi connectivity index (χ1v) is 16.6. The van der Waals surface area contributed by atoms with E-state index in [2.05, 4.69) is 79.1 Å². The van der Waals surface area contributed by atoms with Crippen LogP contribution in [0.5, 0.6) is 0 Å². The summed E-state index contributed by atoms with van der Waals surface area (Å²) in [6.45, 7) is 4.57. The quantitative estimate of drug-likeness (QED) is 0.195. The van der Waals surface area contributed by atoms with E-state index >= 15 is 4.79 Å². The molecular weight excluding hydrogens is 601 g/mol. The molecule has 0 radical (unpaired) electrons. The Morgan fingerprint density at radius 3 is 2.04 bits per heavy atom. The predicted molar refractivity (Wildman–Crippen MR) is 200 cm³/mol. The molecule has 232 valence electrons. The minimum atomic E-state index is -0.229. The summed E-state index contributed by atoms with van der Waals surface area (Å²) in [6.07, 6.45) is 0. The standard InChI is InChI=1S/C44H30N4O/c1-44(2)34-22-12-9-19-29(34)32-25-33-38(26-35(32)44)48(43-45-36-23-13-10-20-30(36)40(46-43)27-15-5-3-6-16-27)41-31-21-11-14-24-37(31)47(42(49)39(33)41)28-17-7-4-8-18-28/h3-26H,1-2H3. The summed E-state index contributed by atoms with van der Waals surface area (Å²) < 4.78 is 3.99. The molecular formula is C44H30N4O. The van der Waals surface area contributed by atoms with Crippen molar-refractivity contribution in [3.05, 3.63) is 167 Å². The Labute approximate surface area is 282 Å². The fourth-order valence-electron chi connectivity index (χ4n) is 8.06. The Kier molecular flexibility index (Phi) is 5.71. The Balaban J connectivity index is 1.43. The molecule has 49 heavy (non-hydrogen) atoms. The smallest absolute Gasteiger partial charge is 0.265 e. The first-order chi connectivity index (χ1) is 24.0. The van der Waals surface area contributed by atoms with Gasteiger partial charge in [-0.2, -0.15) is 0 Å². The average Bonchev–Trinajstić information content (AvgIpc) is 3.60. The molecule has 5 nitrogen and oxygen atoms in total. The third-order valence-corrected chi connectivity index (χ3v) is 10.3. The first kappa shape index (κ1) is 27.8. The van der Waals surface area contributed by atoms with Crippen molar-refractivity contribution >= 4 is 43.6 Å². The van der Waals surface area contributed by atoms with Crippen molar-refractivity contribution in [1.29, 1.82) is 0 Å². The van der Waals surface area contributed by atoms with Crippen LogP contribution >= 0.6 is 0 Å². The molecule has 0 atom stereocenters. The van der Waals surface area contributed by atoms with Crippen LogP contribution in [0.2, 0.25) is 0 Å². The highest BCUT2D eigenvalue weighted by Crippen LogP contribution is 2.51. The molecule has 0 saturated heterocycles. The van der Waals surface area contributed by atoms with Crippen molar-refractivity contribution in [1.82, 2.24) is 19.1 Å². The molecule has 10 rings (SSSR count). The predicted octanol–water partition coefficient (Wildman–Crippen LogP) is 10.0. The minimum Gasteiger partial charge on any atom is -0.277 e. The summed E-state index contributed by atoms with van der Waals surface area (Å²) in [5, 5.41) is 3.47. The number of para-hydroxylation sites is 3. The lowest BCUT2D eigenvalue weighted by Crippen LogP contribution is -2.19. The van der Waals surface area contributed by atoms with Crippen LogP contribution in [-0.4, -0.2) is 19.1 Å². The normalized spacial score (nSPS) is 13.3. The number of hydrogen-bond donors (Lipinski definition) is 0. The molecule has 0 N–H and O–H groups in total. The van der Waals surface area contributed by atoms with Crippen molar-refractivity contribution in [2.75, 3.05) is 0 Å². The molecule has 1 aliphatic rings. The molecule has 0 amide bonds. The monoisotopic (exact) mass is 630 g/mol. The van der Waals surface area contributed by atoms with Crippen molar-refractivity contribution in [3.63, 3.8) is 0 Å². The van der Waals surface area contributed by atoms with Crippen molar-refractivity contribution in [2.24, 2.45) is 0 Å². The molecule has 0 spiro atoms. The van der Waals surface area contributed by atoms with Gasteiger partial charge in [-0.25, -0.2) is 9.97 Å². The summed E-state index contributed by atoms with van der Waals surface area (Å²) >= 11 is 0. The second-order valence-electron chi connectivity index (χ2n) is 13.4. The van der Waals surface area contributed by atoms with Gasteiger partial charge in [-0.05, 0) is 58.7 Å². The van der Waals surface area contributed by atoms with E-state index in [9.17, 15) is 0 Å². The van der Waals surface area contributed by atoms with E-state index in [1.165, 1.54) is 16.7 Å². The van der Waals surface area contributed by atoms with Crippen molar-refractivity contribution in [3.8, 4) is 34.0 Å². The zero-order chi connectivity index (χ0) is 32.9. The Morgan fingerprint density at radius 2 is 1.22 bits per heavy atom. The number of nitrogens with zero attached hydrogens (tertiary/aromatic N) is 4. The van der Waals surface area contributed by atoms with E-state index in [-0.39, 0.29) is 11.0 Å². The van der Waals surface area contributed by atoms with Crippen LogP contribution in [-0.2, 0) is 5.41 Å². The van der Waals surface area contributed by atoms with Crippen LogP contribution in [0.25, 0.3) is 77.6 Å². The van der Waals surface area contributed by atoms with E-state index in [0.717, 1.165) is 60.7 Å². The molecule has 3 heterocycles. The highest BCUT2D eigenvalue weighted by molar-refractivity contribution is 6.19. The zero-order valence-electron chi connectivity index (χ0n) is 27.1. The van der Waals surface area contributed by atoms with Gasteiger partial charge in [-0.1, -0.05) is 123 Å². The maximum atomic E-state index is 15.1. The highest BCUT2D eigenvalue weighted by atomic mass is 16.1. The molecule has 0 aliphatic heterocycles. The number of hydrogen-bond acceptors (Lipinski definition) is 3. The van der Waals surface area contributed by atoms with E-state index in [4.69, 9.17) is 9.97 Å². The maximum Gasteiger partial charge on any atom is 0.265 e. The summed E-state index contributed by atoms with van der Waals surface area (Å²) in [5.74, 6) is 0.535. The molecule has 0 saturated carbocycles. The second kappa shape index (κ2) is 10.1. The van der Waals surface area contributed by atoms with Gasteiger partial charge in [-0.3, -0.25) is 13.9 Å². The third-order valence-electron chi connectivity index (χ3n) is 10.3. The van der Waals surface area contributed by atoms with Gasteiger partial charge in [0.15, 0.2) is 0 Å². The van der Waals surface area contributed by atoms with Crippen LogP contribution in [0.15, 0.2) is 150 Å². The molecule has 0 bridgehead atoms. The van der Waals surface area contributed by atoms with Crippen LogP contribution in [0.3, 0.4) is 0 Å². The van der Waals surface area contributed by atoms with Gasteiger partial charge in [0.1, 0.15) is 0 Å². The molecule has 0 unspecified atom stereocenters. The van der Waals surface area contributed by atoms with Gasteiger partial charge in [-0.15, -0.1) is 0 Å². The van der Waals surface area contributed by atoms with E-state index < -0.39 is 0 Å². The van der Waals surface area contributed by atoms with Gasteiger partial charge in [0.25, 0.3) is 5.56 Å².